The molecule has 1 aromatic carbocycles. The number of rotatable bonds is 8. The maximum absolute atomic E-state index is 5.73. The van der Waals surface area contributed by atoms with Crippen LogP contribution in [0.25, 0.3) is 0 Å². The molecule has 0 saturated carbocycles. The van der Waals surface area contributed by atoms with E-state index in [1.165, 1.54) is 0 Å². The fourth-order valence-corrected chi connectivity index (χ4v) is 1.86. The van der Waals surface area contributed by atoms with Crippen molar-refractivity contribution in [1.29, 1.82) is 0 Å². The maximum atomic E-state index is 5.73. The predicted octanol–water partition coefficient (Wildman–Crippen LogP) is 2.17. The number of hydrogen-bond acceptors (Lipinski definition) is 5. The first-order chi connectivity index (χ1) is 8.76. The Labute approximate surface area is 113 Å². The van der Waals surface area contributed by atoms with Crippen molar-refractivity contribution in [3.63, 3.8) is 0 Å². The van der Waals surface area contributed by atoms with Crippen LogP contribution in [-0.4, -0.2) is 39.9 Å². The molecule has 0 radical (unpaired) electrons. The molecular formula is C13H21NO3S. The zero-order valence-corrected chi connectivity index (χ0v) is 12.2. The third kappa shape index (κ3) is 3.99. The van der Waals surface area contributed by atoms with Crippen LogP contribution >= 0.6 is 11.8 Å². The van der Waals surface area contributed by atoms with Gasteiger partial charge in [0.2, 0.25) is 5.75 Å². The third-order valence-electron chi connectivity index (χ3n) is 2.44. The number of hydrogen-bond donors (Lipinski definition) is 1. The summed E-state index contributed by atoms with van der Waals surface area (Å²) in [5.74, 6) is 3.03. The molecule has 0 saturated heterocycles. The van der Waals surface area contributed by atoms with E-state index in [1.54, 1.807) is 26.0 Å². The van der Waals surface area contributed by atoms with Crippen LogP contribution in [0.2, 0.25) is 0 Å². The van der Waals surface area contributed by atoms with Crippen LogP contribution in [0, 0.1) is 0 Å². The van der Waals surface area contributed by atoms with Crippen molar-refractivity contribution in [2.24, 2.45) is 0 Å². The summed E-state index contributed by atoms with van der Waals surface area (Å²) in [5, 5.41) is 3.10. The van der Waals surface area contributed by atoms with Crippen LogP contribution in [0.1, 0.15) is 5.56 Å². The van der Waals surface area contributed by atoms with Crippen molar-refractivity contribution in [2.45, 2.75) is 6.54 Å². The van der Waals surface area contributed by atoms with Gasteiger partial charge in [0, 0.05) is 12.3 Å². The van der Waals surface area contributed by atoms with E-state index in [1.807, 2.05) is 25.4 Å². The molecule has 0 amide bonds. The second kappa shape index (κ2) is 8.11. The molecule has 0 aliphatic heterocycles. The minimum Gasteiger partial charge on any atom is -0.493 e. The first-order valence-corrected chi connectivity index (χ1v) is 7.17. The molecule has 0 bridgehead atoms. The van der Waals surface area contributed by atoms with Gasteiger partial charge in [0.15, 0.2) is 11.5 Å². The molecule has 5 heteroatoms. The molecule has 1 aromatic rings. The maximum Gasteiger partial charge on any atom is 0.203 e. The van der Waals surface area contributed by atoms with E-state index >= 15 is 0 Å². The predicted molar refractivity (Wildman–Crippen MR) is 76.2 cm³/mol. The molecule has 0 atom stereocenters. The summed E-state index contributed by atoms with van der Waals surface area (Å²) in [6.07, 6.45) is 2.05. The van der Waals surface area contributed by atoms with Gasteiger partial charge in [-0.2, -0.15) is 11.8 Å². The summed E-state index contributed by atoms with van der Waals surface area (Å²) < 4.78 is 16.5. The summed E-state index contributed by atoms with van der Waals surface area (Å²) in [5.41, 5.74) is 1.10. The summed E-state index contributed by atoms with van der Waals surface area (Å²) in [6, 6.07) is 3.93. The van der Waals surface area contributed by atoms with Gasteiger partial charge in [0.05, 0.1) is 20.8 Å². The number of nitrogens with one attached hydrogen (secondary N) is 1. The highest BCUT2D eigenvalue weighted by atomic mass is 32.2. The van der Waals surface area contributed by atoms with Gasteiger partial charge in [0.25, 0.3) is 0 Å². The second-order valence-electron chi connectivity index (χ2n) is 3.70. The lowest BCUT2D eigenvalue weighted by Crippen LogP contribution is -2.07. The van der Waals surface area contributed by atoms with Crippen molar-refractivity contribution in [1.82, 2.24) is 5.32 Å². The first-order valence-electron chi connectivity index (χ1n) is 5.78. The molecule has 0 spiro atoms. The Bertz CT molecular complexity index is 346. The Morgan fingerprint density at radius 1 is 1.17 bits per heavy atom. The Morgan fingerprint density at radius 2 is 1.78 bits per heavy atom. The van der Waals surface area contributed by atoms with E-state index in [-0.39, 0.29) is 0 Å². The summed E-state index contributed by atoms with van der Waals surface area (Å²) in [4.78, 5) is 0. The zero-order chi connectivity index (χ0) is 13.4. The average Bonchev–Trinajstić information content (AvgIpc) is 2.40. The lowest BCUT2D eigenvalue weighted by Gasteiger charge is -2.15. The number of benzene rings is 1. The fraction of sp³-hybridized carbons (Fsp3) is 0.538. The van der Waals surface area contributed by atoms with Crippen molar-refractivity contribution in [2.75, 3.05) is 39.9 Å². The highest BCUT2D eigenvalue weighted by Gasteiger charge is 2.13. The molecule has 0 aliphatic carbocycles. The minimum atomic E-state index is 0.638. The van der Waals surface area contributed by atoms with Crippen LogP contribution in [0.3, 0.4) is 0 Å². The first kappa shape index (κ1) is 15.0. The highest BCUT2D eigenvalue weighted by Crippen LogP contribution is 2.38. The Morgan fingerprint density at radius 3 is 2.22 bits per heavy atom. The van der Waals surface area contributed by atoms with Gasteiger partial charge in [-0.25, -0.2) is 0 Å². The second-order valence-corrected chi connectivity index (χ2v) is 4.69. The van der Waals surface area contributed by atoms with E-state index in [2.05, 4.69) is 5.32 Å². The number of methoxy groups -OCH3 is 2. The molecule has 0 aromatic heterocycles. The summed E-state index contributed by atoms with van der Waals surface area (Å²) >= 11 is 1.74. The molecule has 4 nitrogen and oxygen atoms in total. The quantitative estimate of drug-likeness (QED) is 0.734. The van der Waals surface area contributed by atoms with Crippen LogP contribution < -0.4 is 19.5 Å². The Kier molecular flexibility index (Phi) is 6.75. The van der Waals surface area contributed by atoms with E-state index in [9.17, 15) is 0 Å². The molecule has 1 rings (SSSR count). The largest absolute Gasteiger partial charge is 0.493 e. The van der Waals surface area contributed by atoms with Crippen molar-refractivity contribution < 1.29 is 14.2 Å². The number of thioether (sulfide) groups is 1. The van der Waals surface area contributed by atoms with Crippen LogP contribution in [-0.2, 0) is 6.54 Å². The van der Waals surface area contributed by atoms with E-state index in [0.29, 0.717) is 23.9 Å². The minimum absolute atomic E-state index is 0.638. The average molecular weight is 271 g/mol. The van der Waals surface area contributed by atoms with E-state index in [0.717, 1.165) is 17.9 Å². The van der Waals surface area contributed by atoms with Crippen molar-refractivity contribution >= 4 is 11.8 Å². The van der Waals surface area contributed by atoms with Crippen molar-refractivity contribution in [3.05, 3.63) is 17.7 Å². The van der Waals surface area contributed by atoms with Gasteiger partial charge in [0.1, 0.15) is 0 Å². The normalized spacial score (nSPS) is 10.2. The molecule has 102 valence electrons. The van der Waals surface area contributed by atoms with Crippen LogP contribution in [0.5, 0.6) is 17.2 Å². The lowest BCUT2D eigenvalue weighted by atomic mass is 10.2. The van der Waals surface area contributed by atoms with Gasteiger partial charge in [-0.05, 0) is 31.0 Å². The molecule has 18 heavy (non-hydrogen) atoms. The van der Waals surface area contributed by atoms with Crippen LogP contribution in [0.15, 0.2) is 12.1 Å². The fourth-order valence-electron chi connectivity index (χ4n) is 1.61. The van der Waals surface area contributed by atoms with Gasteiger partial charge in [-0.15, -0.1) is 0 Å². The van der Waals surface area contributed by atoms with Crippen LogP contribution in [0.4, 0.5) is 0 Å². The zero-order valence-electron chi connectivity index (χ0n) is 11.4. The van der Waals surface area contributed by atoms with Gasteiger partial charge in [-0.1, -0.05) is 0 Å². The van der Waals surface area contributed by atoms with Gasteiger partial charge >= 0.3 is 0 Å². The SMILES string of the molecule is CNCc1cc(OC)c(OCCSC)c(OC)c1. The van der Waals surface area contributed by atoms with E-state index < -0.39 is 0 Å². The van der Waals surface area contributed by atoms with E-state index in [4.69, 9.17) is 14.2 Å². The molecule has 0 fully saturated rings. The summed E-state index contributed by atoms with van der Waals surface area (Å²) in [7, 11) is 5.18. The van der Waals surface area contributed by atoms with Crippen molar-refractivity contribution in [3.8, 4) is 17.2 Å². The Balaban J connectivity index is 2.97. The standard InChI is InChI=1S/C13H21NO3S/c1-14-9-10-7-11(15-2)13(12(8-10)16-3)17-5-6-18-4/h7-8,14H,5-6,9H2,1-4H3. The molecule has 0 heterocycles. The van der Waals surface area contributed by atoms with Gasteiger partial charge < -0.3 is 19.5 Å². The third-order valence-corrected chi connectivity index (χ3v) is 3.01. The topological polar surface area (TPSA) is 39.7 Å². The molecule has 0 aliphatic rings. The smallest absolute Gasteiger partial charge is 0.203 e. The lowest BCUT2D eigenvalue weighted by molar-refractivity contribution is 0.290. The van der Waals surface area contributed by atoms with Gasteiger partial charge in [-0.3, -0.25) is 0 Å². The summed E-state index contributed by atoms with van der Waals surface area (Å²) in [6.45, 7) is 1.40. The highest BCUT2D eigenvalue weighted by molar-refractivity contribution is 7.98. The Hall–Kier alpha value is -1.07. The molecule has 1 N–H and O–H groups in total. The molecular weight excluding hydrogens is 250 g/mol. The monoisotopic (exact) mass is 271 g/mol. The number of ether oxygens (including phenoxy) is 3. The molecule has 0 unspecified atom stereocenters.